The lowest BCUT2D eigenvalue weighted by Crippen LogP contribution is -2.57. The number of likely N-dealkylation sites (N-methyl/N-ethyl adjacent to an activating group) is 1. The molecule has 0 radical (unpaired) electrons. The number of pyridine rings is 1. The quantitative estimate of drug-likeness (QED) is 0.868. The summed E-state index contributed by atoms with van der Waals surface area (Å²) in [7, 11) is 2.14. The summed E-state index contributed by atoms with van der Waals surface area (Å²) in [5, 5.41) is 3.42. The van der Waals surface area contributed by atoms with E-state index in [2.05, 4.69) is 41.0 Å². The molecule has 1 amide bonds. The zero-order valence-electron chi connectivity index (χ0n) is 14.3. The molecule has 0 saturated carbocycles. The first-order valence-electron chi connectivity index (χ1n) is 8.50. The van der Waals surface area contributed by atoms with Crippen LogP contribution < -0.4 is 10.2 Å². The fourth-order valence-corrected chi connectivity index (χ4v) is 3.27. The van der Waals surface area contributed by atoms with E-state index in [4.69, 9.17) is 0 Å². The SMILES string of the molecule is CC1NCCN(C(=O)c2ccnc(N3CCN(C)CC3)c2)C1C. The van der Waals surface area contributed by atoms with Gasteiger partial charge in [-0.15, -0.1) is 0 Å². The Balaban J connectivity index is 1.75. The molecule has 23 heavy (non-hydrogen) atoms. The second-order valence-electron chi connectivity index (χ2n) is 6.67. The topological polar surface area (TPSA) is 51.7 Å². The summed E-state index contributed by atoms with van der Waals surface area (Å²) in [4.78, 5) is 23.9. The second-order valence-corrected chi connectivity index (χ2v) is 6.67. The van der Waals surface area contributed by atoms with Crippen molar-refractivity contribution in [3.63, 3.8) is 0 Å². The zero-order valence-corrected chi connectivity index (χ0v) is 14.3. The Morgan fingerprint density at radius 2 is 1.96 bits per heavy atom. The van der Waals surface area contributed by atoms with Crippen LogP contribution >= 0.6 is 0 Å². The first-order chi connectivity index (χ1) is 11.1. The lowest BCUT2D eigenvalue weighted by atomic mass is 10.1. The smallest absolute Gasteiger partial charge is 0.254 e. The number of nitrogens with one attached hydrogen (secondary N) is 1. The molecule has 1 aromatic rings. The number of piperazine rings is 2. The van der Waals surface area contributed by atoms with Gasteiger partial charge in [-0.05, 0) is 33.0 Å². The van der Waals surface area contributed by atoms with Crippen molar-refractivity contribution in [2.75, 3.05) is 51.2 Å². The van der Waals surface area contributed by atoms with Crippen molar-refractivity contribution in [2.45, 2.75) is 25.9 Å². The fourth-order valence-electron chi connectivity index (χ4n) is 3.27. The highest BCUT2D eigenvalue weighted by atomic mass is 16.2. The summed E-state index contributed by atoms with van der Waals surface area (Å²) < 4.78 is 0. The molecule has 6 heteroatoms. The lowest BCUT2D eigenvalue weighted by Gasteiger charge is -2.39. The summed E-state index contributed by atoms with van der Waals surface area (Å²) in [5.74, 6) is 1.03. The fraction of sp³-hybridized carbons (Fsp3) is 0.647. The molecule has 0 aliphatic carbocycles. The van der Waals surface area contributed by atoms with Crippen LogP contribution in [0, 0.1) is 0 Å². The highest BCUT2D eigenvalue weighted by Crippen LogP contribution is 2.18. The first-order valence-corrected chi connectivity index (χ1v) is 8.50. The van der Waals surface area contributed by atoms with Gasteiger partial charge in [0.05, 0.1) is 0 Å². The standard InChI is InChI=1S/C17H27N5O/c1-13-14(2)22(7-6-18-13)17(23)15-4-5-19-16(12-15)21-10-8-20(3)9-11-21/h4-5,12-14,18H,6-11H2,1-3H3. The average Bonchev–Trinajstić information content (AvgIpc) is 2.57. The van der Waals surface area contributed by atoms with E-state index in [-0.39, 0.29) is 11.9 Å². The van der Waals surface area contributed by atoms with Crippen LogP contribution in [0.5, 0.6) is 0 Å². The predicted octanol–water partition coefficient (Wildman–Crippen LogP) is 0.656. The Morgan fingerprint density at radius 3 is 2.70 bits per heavy atom. The summed E-state index contributed by atoms with van der Waals surface area (Å²) in [5.41, 5.74) is 0.745. The van der Waals surface area contributed by atoms with Gasteiger partial charge in [0.25, 0.3) is 5.91 Å². The van der Waals surface area contributed by atoms with Crippen LogP contribution in [-0.2, 0) is 0 Å². The van der Waals surface area contributed by atoms with Gasteiger partial charge in [-0.3, -0.25) is 4.79 Å². The number of aromatic nitrogens is 1. The van der Waals surface area contributed by atoms with E-state index in [9.17, 15) is 4.79 Å². The summed E-state index contributed by atoms with van der Waals surface area (Å²) in [6.45, 7) is 9.84. The van der Waals surface area contributed by atoms with Crippen LogP contribution in [0.25, 0.3) is 0 Å². The Bertz CT molecular complexity index is 556. The number of hydrogen-bond donors (Lipinski definition) is 1. The van der Waals surface area contributed by atoms with E-state index >= 15 is 0 Å². The third kappa shape index (κ3) is 3.48. The van der Waals surface area contributed by atoms with Crippen LogP contribution in [0.2, 0.25) is 0 Å². The number of carbonyl (C=O) groups excluding carboxylic acids is 1. The molecule has 3 rings (SSSR count). The molecule has 6 nitrogen and oxygen atoms in total. The van der Waals surface area contributed by atoms with Crippen LogP contribution in [0.15, 0.2) is 18.3 Å². The number of amides is 1. The molecule has 2 fully saturated rings. The average molecular weight is 317 g/mol. The summed E-state index contributed by atoms with van der Waals surface area (Å²) in [6, 6.07) is 4.32. The van der Waals surface area contributed by atoms with Gasteiger partial charge >= 0.3 is 0 Å². The maximum Gasteiger partial charge on any atom is 0.254 e. The monoisotopic (exact) mass is 317 g/mol. The van der Waals surface area contributed by atoms with Crippen LogP contribution in [-0.4, -0.2) is 79.1 Å². The van der Waals surface area contributed by atoms with Gasteiger partial charge in [0.2, 0.25) is 0 Å². The molecule has 1 N–H and O–H groups in total. The van der Waals surface area contributed by atoms with Crippen LogP contribution in [0.3, 0.4) is 0 Å². The van der Waals surface area contributed by atoms with Crippen molar-refractivity contribution < 1.29 is 4.79 Å². The number of rotatable bonds is 2. The van der Waals surface area contributed by atoms with Crippen molar-refractivity contribution in [3.8, 4) is 0 Å². The maximum atomic E-state index is 12.9. The summed E-state index contributed by atoms with van der Waals surface area (Å²) in [6.07, 6.45) is 1.76. The largest absolute Gasteiger partial charge is 0.354 e. The first kappa shape index (κ1) is 16.2. The van der Waals surface area contributed by atoms with E-state index in [0.29, 0.717) is 6.04 Å². The Labute approximate surface area is 138 Å². The molecule has 0 aromatic carbocycles. The molecule has 0 bridgehead atoms. The molecule has 1 aromatic heterocycles. The molecule has 2 atom stereocenters. The van der Waals surface area contributed by atoms with Crippen molar-refractivity contribution in [3.05, 3.63) is 23.9 Å². The molecule has 2 aliphatic heterocycles. The Morgan fingerprint density at radius 1 is 1.22 bits per heavy atom. The zero-order chi connectivity index (χ0) is 16.4. The highest BCUT2D eigenvalue weighted by Gasteiger charge is 2.29. The highest BCUT2D eigenvalue weighted by molar-refractivity contribution is 5.95. The third-order valence-corrected chi connectivity index (χ3v) is 5.11. The van der Waals surface area contributed by atoms with E-state index in [1.807, 2.05) is 17.0 Å². The van der Waals surface area contributed by atoms with Crippen molar-refractivity contribution in [1.29, 1.82) is 0 Å². The third-order valence-electron chi connectivity index (χ3n) is 5.11. The second kappa shape index (κ2) is 6.84. The number of hydrogen-bond acceptors (Lipinski definition) is 5. The van der Waals surface area contributed by atoms with Gasteiger partial charge in [0.15, 0.2) is 0 Å². The number of nitrogens with zero attached hydrogens (tertiary/aromatic N) is 4. The van der Waals surface area contributed by atoms with Crippen LogP contribution in [0.4, 0.5) is 5.82 Å². The molecule has 2 saturated heterocycles. The summed E-state index contributed by atoms with van der Waals surface area (Å²) >= 11 is 0. The van der Waals surface area contributed by atoms with E-state index in [0.717, 1.165) is 50.6 Å². The van der Waals surface area contributed by atoms with E-state index in [1.54, 1.807) is 6.20 Å². The van der Waals surface area contributed by atoms with Gasteiger partial charge in [0, 0.05) is 63.1 Å². The Hall–Kier alpha value is -1.66. The lowest BCUT2D eigenvalue weighted by molar-refractivity contribution is 0.0603. The predicted molar refractivity (Wildman–Crippen MR) is 91.9 cm³/mol. The molecular weight excluding hydrogens is 290 g/mol. The minimum Gasteiger partial charge on any atom is -0.354 e. The molecular formula is C17H27N5O. The maximum absolute atomic E-state index is 12.9. The molecule has 2 aliphatic rings. The molecule has 0 spiro atoms. The molecule has 3 heterocycles. The number of anilines is 1. The van der Waals surface area contributed by atoms with Gasteiger partial charge in [-0.1, -0.05) is 0 Å². The number of carbonyl (C=O) groups is 1. The molecule has 126 valence electrons. The van der Waals surface area contributed by atoms with Gasteiger partial charge in [-0.25, -0.2) is 4.98 Å². The van der Waals surface area contributed by atoms with Gasteiger partial charge in [0.1, 0.15) is 5.82 Å². The van der Waals surface area contributed by atoms with E-state index < -0.39 is 0 Å². The van der Waals surface area contributed by atoms with Crippen molar-refractivity contribution in [1.82, 2.24) is 20.1 Å². The minimum atomic E-state index is 0.114. The Kier molecular flexibility index (Phi) is 4.82. The van der Waals surface area contributed by atoms with Gasteiger partial charge in [-0.2, -0.15) is 0 Å². The normalized spacial score (nSPS) is 26.4. The van der Waals surface area contributed by atoms with Crippen LogP contribution in [0.1, 0.15) is 24.2 Å². The molecule has 2 unspecified atom stereocenters. The van der Waals surface area contributed by atoms with Crippen molar-refractivity contribution >= 4 is 11.7 Å². The van der Waals surface area contributed by atoms with Crippen molar-refractivity contribution in [2.24, 2.45) is 0 Å². The van der Waals surface area contributed by atoms with E-state index in [1.165, 1.54) is 0 Å². The van der Waals surface area contributed by atoms with Gasteiger partial charge < -0.3 is 20.0 Å². The minimum absolute atomic E-state index is 0.114.